The standard InChI is InChI=1S/C20H25N3O2S/c1-26(24,25)21-19-9-11-20(12-10-19)23-16-14-22(15-17-23)13-5-8-18-6-3-2-4-7-18/h2-12,21H,13-17H2,1H3/b8-5+. The highest BCUT2D eigenvalue weighted by Gasteiger charge is 2.16. The van der Waals surface area contributed by atoms with Gasteiger partial charge in [-0.25, -0.2) is 8.42 Å². The van der Waals surface area contributed by atoms with E-state index in [9.17, 15) is 8.42 Å². The van der Waals surface area contributed by atoms with E-state index in [1.807, 2.05) is 30.3 Å². The number of rotatable bonds is 6. The van der Waals surface area contributed by atoms with Crippen molar-refractivity contribution >= 4 is 27.5 Å². The van der Waals surface area contributed by atoms with Crippen LogP contribution >= 0.6 is 0 Å². The summed E-state index contributed by atoms with van der Waals surface area (Å²) in [6.07, 6.45) is 5.54. The minimum atomic E-state index is -3.23. The van der Waals surface area contributed by atoms with Crippen molar-refractivity contribution in [3.8, 4) is 0 Å². The predicted molar refractivity (Wildman–Crippen MR) is 109 cm³/mol. The SMILES string of the molecule is CS(=O)(=O)Nc1ccc(N2CCN(C/C=C/c3ccccc3)CC2)cc1. The van der Waals surface area contributed by atoms with Gasteiger partial charge in [-0.1, -0.05) is 42.5 Å². The van der Waals surface area contributed by atoms with Gasteiger partial charge in [-0.2, -0.15) is 0 Å². The number of nitrogens with one attached hydrogen (secondary N) is 1. The average Bonchev–Trinajstić information content (AvgIpc) is 2.63. The van der Waals surface area contributed by atoms with Gasteiger partial charge in [0.25, 0.3) is 0 Å². The molecule has 2 aromatic carbocycles. The van der Waals surface area contributed by atoms with Gasteiger partial charge in [0.2, 0.25) is 10.0 Å². The second-order valence-electron chi connectivity index (χ2n) is 6.52. The largest absolute Gasteiger partial charge is 0.369 e. The molecule has 1 saturated heterocycles. The molecule has 1 aliphatic rings. The molecule has 0 saturated carbocycles. The molecule has 0 atom stereocenters. The maximum atomic E-state index is 11.3. The van der Waals surface area contributed by atoms with Crippen LogP contribution in [0.3, 0.4) is 0 Å². The molecule has 5 nitrogen and oxygen atoms in total. The predicted octanol–water partition coefficient (Wildman–Crippen LogP) is 2.89. The number of nitrogens with zero attached hydrogens (tertiary/aromatic N) is 2. The number of hydrogen-bond acceptors (Lipinski definition) is 4. The van der Waals surface area contributed by atoms with E-state index < -0.39 is 10.0 Å². The Kier molecular flexibility index (Phi) is 5.96. The Hall–Kier alpha value is -2.31. The van der Waals surface area contributed by atoms with Crippen molar-refractivity contribution in [2.45, 2.75) is 0 Å². The first-order chi connectivity index (χ1) is 12.5. The number of piperazine rings is 1. The van der Waals surface area contributed by atoms with E-state index in [4.69, 9.17) is 0 Å². The summed E-state index contributed by atoms with van der Waals surface area (Å²) in [6, 6.07) is 17.9. The molecule has 1 aliphatic heterocycles. The summed E-state index contributed by atoms with van der Waals surface area (Å²) in [5, 5.41) is 0. The number of benzene rings is 2. The molecule has 0 amide bonds. The minimum Gasteiger partial charge on any atom is -0.369 e. The van der Waals surface area contributed by atoms with Gasteiger partial charge in [0.1, 0.15) is 0 Å². The van der Waals surface area contributed by atoms with Gasteiger partial charge in [0.15, 0.2) is 0 Å². The van der Waals surface area contributed by atoms with E-state index in [0.717, 1.165) is 44.7 Å². The van der Waals surface area contributed by atoms with E-state index >= 15 is 0 Å². The highest BCUT2D eigenvalue weighted by Crippen LogP contribution is 2.20. The van der Waals surface area contributed by atoms with Crippen molar-refractivity contribution in [1.29, 1.82) is 0 Å². The fourth-order valence-electron chi connectivity index (χ4n) is 3.05. The van der Waals surface area contributed by atoms with Crippen LogP contribution in [-0.4, -0.2) is 52.3 Å². The van der Waals surface area contributed by atoms with Gasteiger partial charge in [-0.15, -0.1) is 0 Å². The van der Waals surface area contributed by atoms with E-state index in [1.54, 1.807) is 0 Å². The Morgan fingerprint density at radius 2 is 1.62 bits per heavy atom. The molecule has 0 aliphatic carbocycles. The molecular weight excluding hydrogens is 346 g/mol. The maximum absolute atomic E-state index is 11.3. The maximum Gasteiger partial charge on any atom is 0.229 e. The summed E-state index contributed by atoms with van der Waals surface area (Å²) in [4.78, 5) is 4.77. The van der Waals surface area contributed by atoms with Crippen LogP contribution in [0.15, 0.2) is 60.7 Å². The summed E-state index contributed by atoms with van der Waals surface area (Å²) in [7, 11) is -3.23. The van der Waals surface area contributed by atoms with Crippen LogP contribution in [0.4, 0.5) is 11.4 Å². The van der Waals surface area contributed by atoms with Crippen molar-refractivity contribution in [2.24, 2.45) is 0 Å². The zero-order valence-electron chi connectivity index (χ0n) is 15.0. The molecule has 3 rings (SSSR count). The fraction of sp³-hybridized carbons (Fsp3) is 0.300. The molecule has 0 bridgehead atoms. The van der Waals surface area contributed by atoms with Gasteiger partial charge in [0, 0.05) is 44.1 Å². The lowest BCUT2D eigenvalue weighted by atomic mass is 10.2. The molecule has 1 N–H and O–H groups in total. The van der Waals surface area contributed by atoms with Crippen LogP contribution in [0.5, 0.6) is 0 Å². The summed E-state index contributed by atoms with van der Waals surface area (Å²) in [5.41, 5.74) is 2.96. The van der Waals surface area contributed by atoms with Crippen LogP contribution < -0.4 is 9.62 Å². The van der Waals surface area contributed by atoms with Crippen LogP contribution in [0.25, 0.3) is 6.08 Å². The van der Waals surface area contributed by atoms with Crippen LogP contribution in [0, 0.1) is 0 Å². The molecule has 0 unspecified atom stereocenters. The summed E-state index contributed by atoms with van der Waals surface area (Å²) < 4.78 is 25.0. The zero-order valence-corrected chi connectivity index (χ0v) is 15.8. The van der Waals surface area contributed by atoms with Gasteiger partial charge < -0.3 is 4.90 Å². The molecular formula is C20H25N3O2S. The normalized spacial score (nSPS) is 16.1. The second-order valence-corrected chi connectivity index (χ2v) is 8.27. The number of hydrogen-bond donors (Lipinski definition) is 1. The third kappa shape index (κ3) is 5.61. The molecule has 138 valence electrons. The lowest BCUT2D eigenvalue weighted by Crippen LogP contribution is -2.46. The Balaban J connectivity index is 1.48. The van der Waals surface area contributed by atoms with E-state index in [2.05, 4.69) is 50.9 Å². The third-order valence-corrected chi connectivity index (χ3v) is 4.99. The molecule has 6 heteroatoms. The Morgan fingerprint density at radius 3 is 2.23 bits per heavy atom. The Morgan fingerprint density at radius 1 is 0.962 bits per heavy atom. The molecule has 1 fully saturated rings. The third-order valence-electron chi connectivity index (χ3n) is 4.38. The molecule has 1 heterocycles. The lowest BCUT2D eigenvalue weighted by molar-refractivity contribution is 0.284. The lowest BCUT2D eigenvalue weighted by Gasteiger charge is -2.35. The second kappa shape index (κ2) is 8.38. The first kappa shape index (κ1) is 18.5. The van der Waals surface area contributed by atoms with E-state index in [0.29, 0.717) is 5.69 Å². The van der Waals surface area contributed by atoms with Crippen molar-refractivity contribution < 1.29 is 8.42 Å². The summed E-state index contributed by atoms with van der Waals surface area (Å²) in [5.74, 6) is 0. The van der Waals surface area contributed by atoms with Crippen LogP contribution in [-0.2, 0) is 10.0 Å². The first-order valence-corrected chi connectivity index (χ1v) is 10.7. The highest BCUT2D eigenvalue weighted by molar-refractivity contribution is 7.92. The topological polar surface area (TPSA) is 52.7 Å². The highest BCUT2D eigenvalue weighted by atomic mass is 32.2. The zero-order chi connectivity index (χ0) is 18.4. The van der Waals surface area contributed by atoms with Gasteiger partial charge in [-0.3, -0.25) is 9.62 Å². The van der Waals surface area contributed by atoms with Crippen molar-refractivity contribution in [2.75, 3.05) is 48.6 Å². The molecule has 0 radical (unpaired) electrons. The van der Waals surface area contributed by atoms with Gasteiger partial charge >= 0.3 is 0 Å². The quantitative estimate of drug-likeness (QED) is 0.848. The van der Waals surface area contributed by atoms with E-state index in [1.165, 1.54) is 5.56 Å². The van der Waals surface area contributed by atoms with Gasteiger partial charge in [0.05, 0.1) is 6.26 Å². The van der Waals surface area contributed by atoms with Crippen molar-refractivity contribution in [3.05, 3.63) is 66.2 Å². The molecule has 26 heavy (non-hydrogen) atoms. The minimum absolute atomic E-state index is 0.598. The van der Waals surface area contributed by atoms with Crippen LogP contribution in [0.1, 0.15) is 5.56 Å². The van der Waals surface area contributed by atoms with Crippen molar-refractivity contribution in [1.82, 2.24) is 4.90 Å². The first-order valence-electron chi connectivity index (χ1n) is 8.76. The summed E-state index contributed by atoms with van der Waals surface area (Å²) in [6.45, 7) is 4.93. The fourth-order valence-corrected chi connectivity index (χ4v) is 3.61. The van der Waals surface area contributed by atoms with Crippen molar-refractivity contribution in [3.63, 3.8) is 0 Å². The van der Waals surface area contributed by atoms with Gasteiger partial charge in [-0.05, 0) is 29.8 Å². The molecule has 0 spiro atoms. The number of sulfonamides is 1. The molecule has 2 aromatic rings. The Bertz CT molecular complexity index is 825. The summed E-state index contributed by atoms with van der Waals surface area (Å²) >= 11 is 0. The Labute approximate surface area is 156 Å². The van der Waals surface area contributed by atoms with Crippen LogP contribution in [0.2, 0.25) is 0 Å². The smallest absolute Gasteiger partial charge is 0.229 e. The monoisotopic (exact) mass is 371 g/mol. The van der Waals surface area contributed by atoms with E-state index in [-0.39, 0.29) is 0 Å². The molecule has 0 aromatic heterocycles. The number of anilines is 2. The average molecular weight is 372 g/mol.